The summed E-state index contributed by atoms with van der Waals surface area (Å²) >= 11 is 1.71. The van der Waals surface area contributed by atoms with Gasteiger partial charge >= 0.3 is 0 Å². The van der Waals surface area contributed by atoms with Gasteiger partial charge in [0.05, 0.1) is 17.2 Å². The van der Waals surface area contributed by atoms with E-state index in [9.17, 15) is 0 Å². The van der Waals surface area contributed by atoms with Crippen molar-refractivity contribution in [2.75, 3.05) is 19.0 Å². The minimum absolute atomic E-state index is 0.501. The van der Waals surface area contributed by atoms with Crippen LogP contribution < -0.4 is 5.32 Å². The lowest BCUT2D eigenvalue weighted by Gasteiger charge is -2.08. The van der Waals surface area contributed by atoms with Crippen molar-refractivity contribution in [2.24, 2.45) is 0 Å². The summed E-state index contributed by atoms with van der Waals surface area (Å²) in [4.78, 5) is 11.5. The molecule has 0 fully saturated rings. The molecule has 0 aliphatic rings. The van der Waals surface area contributed by atoms with E-state index in [1.165, 1.54) is 4.88 Å². The van der Waals surface area contributed by atoms with Crippen molar-refractivity contribution in [3.63, 3.8) is 0 Å². The van der Waals surface area contributed by atoms with E-state index in [-0.39, 0.29) is 0 Å². The molecule has 0 unspecified atom stereocenters. The second-order valence-electron chi connectivity index (χ2n) is 4.34. The van der Waals surface area contributed by atoms with Crippen LogP contribution in [0.25, 0.3) is 10.7 Å². The molecule has 0 spiro atoms. The Morgan fingerprint density at radius 1 is 1.32 bits per heavy atom. The van der Waals surface area contributed by atoms with Crippen LogP contribution in [-0.2, 0) is 11.3 Å². The van der Waals surface area contributed by atoms with E-state index >= 15 is 0 Å². The van der Waals surface area contributed by atoms with Gasteiger partial charge in [-0.2, -0.15) is 0 Å². The third-order valence-electron chi connectivity index (χ3n) is 2.59. The number of aromatic nitrogens is 2. The Hall–Kier alpha value is -1.46. The molecule has 102 valence electrons. The lowest BCUT2D eigenvalue weighted by molar-refractivity contribution is 0.181. The number of hydrogen-bond donors (Lipinski definition) is 1. The van der Waals surface area contributed by atoms with Gasteiger partial charge in [0.25, 0.3) is 0 Å². The van der Waals surface area contributed by atoms with Gasteiger partial charge < -0.3 is 10.1 Å². The maximum absolute atomic E-state index is 5.17. The number of anilines is 1. The van der Waals surface area contributed by atoms with Gasteiger partial charge in [0, 0.05) is 24.6 Å². The number of aryl methyl sites for hydroxylation is 1. The first-order valence-corrected chi connectivity index (χ1v) is 7.22. The Kier molecular flexibility index (Phi) is 4.87. The molecule has 0 aromatic carbocycles. The quantitative estimate of drug-likeness (QED) is 0.878. The SMILES string of the molecule is CCCNc1cc(COC)nc(-c2ccc(C)s2)n1. The van der Waals surface area contributed by atoms with Crippen LogP contribution in [0.5, 0.6) is 0 Å². The van der Waals surface area contributed by atoms with E-state index in [2.05, 4.69) is 41.3 Å². The molecule has 0 saturated carbocycles. The lowest BCUT2D eigenvalue weighted by Crippen LogP contribution is -2.05. The summed E-state index contributed by atoms with van der Waals surface area (Å²) in [6, 6.07) is 6.10. The zero-order valence-electron chi connectivity index (χ0n) is 11.6. The highest BCUT2D eigenvalue weighted by molar-refractivity contribution is 7.15. The molecular weight excluding hydrogens is 258 g/mol. The molecule has 0 amide bonds. The van der Waals surface area contributed by atoms with Crippen LogP contribution in [0.2, 0.25) is 0 Å². The third-order valence-corrected chi connectivity index (χ3v) is 3.58. The number of methoxy groups -OCH3 is 1. The molecule has 4 nitrogen and oxygen atoms in total. The fourth-order valence-electron chi connectivity index (χ4n) is 1.73. The second kappa shape index (κ2) is 6.63. The number of thiophene rings is 1. The molecule has 5 heteroatoms. The number of ether oxygens (including phenoxy) is 1. The predicted molar refractivity (Wildman–Crippen MR) is 79.6 cm³/mol. The van der Waals surface area contributed by atoms with Crippen LogP contribution in [0, 0.1) is 6.92 Å². The van der Waals surface area contributed by atoms with Crippen molar-refractivity contribution < 1.29 is 4.74 Å². The van der Waals surface area contributed by atoms with Crippen LogP contribution in [0.4, 0.5) is 5.82 Å². The summed E-state index contributed by atoms with van der Waals surface area (Å²) < 4.78 is 5.17. The number of nitrogens with one attached hydrogen (secondary N) is 1. The van der Waals surface area contributed by atoms with E-state index in [0.717, 1.165) is 35.2 Å². The molecule has 0 saturated heterocycles. The second-order valence-corrected chi connectivity index (χ2v) is 5.63. The normalized spacial score (nSPS) is 10.7. The molecule has 2 rings (SSSR count). The first-order valence-electron chi connectivity index (χ1n) is 6.40. The Morgan fingerprint density at radius 2 is 2.16 bits per heavy atom. The highest BCUT2D eigenvalue weighted by atomic mass is 32.1. The molecule has 19 heavy (non-hydrogen) atoms. The fraction of sp³-hybridized carbons (Fsp3) is 0.429. The minimum Gasteiger partial charge on any atom is -0.378 e. The molecule has 0 aliphatic heterocycles. The smallest absolute Gasteiger partial charge is 0.171 e. The summed E-state index contributed by atoms with van der Waals surface area (Å²) in [5.41, 5.74) is 0.900. The lowest BCUT2D eigenvalue weighted by atomic mass is 10.3. The summed E-state index contributed by atoms with van der Waals surface area (Å²) in [5, 5.41) is 3.31. The summed E-state index contributed by atoms with van der Waals surface area (Å²) in [6.07, 6.45) is 1.07. The third kappa shape index (κ3) is 3.75. The van der Waals surface area contributed by atoms with E-state index < -0.39 is 0 Å². The van der Waals surface area contributed by atoms with Crippen LogP contribution in [-0.4, -0.2) is 23.6 Å². The van der Waals surface area contributed by atoms with Crippen molar-refractivity contribution in [3.05, 3.63) is 28.8 Å². The first-order chi connectivity index (χ1) is 9.22. The first kappa shape index (κ1) is 14.0. The van der Waals surface area contributed by atoms with Crippen molar-refractivity contribution in [3.8, 4) is 10.7 Å². The predicted octanol–water partition coefficient (Wildman–Crippen LogP) is 3.48. The molecule has 2 aromatic heterocycles. The summed E-state index contributed by atoms with van der Waals surface area (Å²) in [5.74, 6) is 1.64. The topological polar surface area (TPSA) is 47.0 Å². The number of hydrogen-bond acceptors (Lipinski definition) is 5. The van der Waals surface area contributed by atoms with Crippen LogP contribution in [0.1, 0.15) is 23.9 Å². The van der Waals surface area contributed by atoms with E-state index in [4.69, 9.17) is 4.74 Å². The van der Waals surface area contributed by atoms with Gasteiger partial charge in [-0.05, 0) is 25.5 Å². The standard InChI is InChI=1S/C14H19N3OS/c1-4-7-15-13-8-11(9-18-3)16-14(17-13)12-6-5-10(2)19-12/h5-6,8H,4,7,9H2,1-3H3,(H,15,16,17). The summed E-state index contributed by atoms with van der Waals surface area (Å²) in [6.45, 7) is 5.63. The van der Waals surface area contributed by atoms with E-state index in [1.807, 2.05) is 6.07 Å². The average Bonchev–Trinajstić information content (AvgIpc) is 2.83. The highest BCUT2D eigenvalue weighted by Crippen LogP contribution is 2.26. The average molecular weight is 277 g/mol. The van der Waals surface area contributed by atoms with Crippen LogP contribution in [0.3, 0.4) is 0 Å². The van der Waals surface area contributed by atoms with Crippen molar-refractivity contribution in [1.29, 1.82) is 0 Å². The molecular formula is C14H19N3OS. The molecule has 1 N–H and O–H groups in total. The van der Waals surface area contributed by atoms with Crippen LogP contribution in [0.15, 0.2) is 18.2 Å². The van der Waals surface area contributed by atoms with Gasteiger partial charge in [-0.25, -0.2) is 9.97 Å². The molecule has 0 atom stereocenters. The number of rotatable bonds is 6. The van der Waals surface area contributed by atoms with Crippen LogP contribution >= 0.6 is 11.3 Å². The zero-order valence-corrected chi connectivity index (χ0v) is 12.4. The van der Waals surface area contributed by atoms with Gasteiger partial charge in [-0.1, -0.05) is 6.92 Å². The van der Waals surface area contributed by atoms with Gasteiger partial charge in [0.1, 0.15) is 5.82 Å². The van der Waals surface area contributed by atoms with E-state index in [1.54, 1.807) is 18.4 Å². The van der Waals surface area contributed by atoms with Crippen molar-refractivity contribution >= 4 is 17.2 Å². The molecule has 2 aromatic rings. The molecule has 2 heterocycles. The van der Waals surface area contributed by atoms with E-state index in [0.29, 0.717) is 6.61 Å². The Labute approximate surface area is 117 Å². The van der Waals surface area contributed by atoms with Gasteiger partial charge in [-0.3, -0.25) is 0 Å². The number of nitrogens with zero attached hydrogens (tertiary/aromatic N) is 2. The maximum Gasteiger partial charge on any atom is 0.171 e. The molecule has 0 aliphatic carbocycles. The Balaban J connectivity index is 2.33. The molecule has 0 bridgehead atoms. The maximum atomic E-state index is 5.17. The summed E-state index contributed by atoms with van der Waals surface area (Å²) in [7, 11) is 1.68. The van der Waals surface area contributed by atoms with Gasteiger partial charge in [-0.15, -0.1) is 11.3 Å². The molecule has 0 radical (unpaired) electrons. The van der Waals surface area contributed by atoms with Gasteiger partial charge in [0.2, 0.25) is 0 Å². The monoisotopic (exact) mass is 277 g/mol. The Morgan fingerprint density at radius 3 is 2.79 bits per heavy atom. The largest absolute Gasteiger partial charge is 0.378 e. The van der Waals surface area contributed by atoms with Gasteiger partial charge in [0.15, 0.2) is 5.82 Å². The van der Waals surface area contributed by atoms with Crippen molar-refractivity contribution in [1.82, 2.24) is 9.97 Å². The minimum atomic E-state index is 0.501. The zero-order chi connectivity index (χ0) is 13.7. The highest BCUT2D eigenvalue weighted by Gasteiger charge is 2.08. The van der Waals surface area contributed by atoms with Crippen molar-refractivity contribution in [2.45, 2.75) is 26.9 Å². The Bertz CT molecular complexity index is 539. The fourth-order valence-corrected chi connectivity index (χ4v) is 2.53.